The summed E-state index contributed by atoms with van der Waals surface area (Å²) in [6.45, 7) is 2.04. The monoisotopic (exact) mass is 393 g/mol. The van der Waals surface area contributed by atoms with E-state index in [4.69, 9.17) is 9.41 Å². The fourth-order valence-electron chi connectivity index (χ4n) is 3.56. The molecule has 0 atom stereocenters. The van der Waals surface area contributed by atoms with E-state index in [-0.39, 0.29) is 5.91 Å². The van der Waals surface area contributed by atoms with Crippen LogP contribution in [0.15, 0.2) is 99.3 Å². The average Bonchev–Trinajstić information content (AvgIpc) is 3.38. The molecule has 1 amide bonds. The van der Waals surface area contributed by atoms with Crippen LogP contribution in [0.4, 0.5) is 0 Å². The number of carbonyl (C=O) groups is 1. The number of fused-ring (bicyclic) bond motifs is 1. The highest BCUT2D eigenvalue weighted by Crippen LogP contribution is 2.29. The first-order valence-electron chi connectivity index (χ1n) is 9.75. The van der Waals surface area contributed by atoms with Crippen LogP contribution in [0.1, 0.15) is 22.5 Å². The summed E-state index contributed by atoms with van der Waals surface area (Å²) in [5.74, 6) is 0.969. The molecule has 5 nitrogen and oxygen atoms in total. The summed E-state index contributed by atoms with van der Waals surface area (Å²) in [5.41, 5.74) is 5.06. The van der Waals surface area contributed by atoms with Crippen molar-refractivity contribution >= 4 is 29.2 Å². The van der Waals surface area contributed by atoms with Crippen LogP contribution in [0.5, 0.6) is 0 Å². The Labute approximate surface area is 174 Å². The molecular formula is C25H19N3O2. The van der Waals surface area contributed by atoms with E-state index >= 15 is 0 Å². The molecule has 3 heterocycles. The normalized spacial score (nSPS) is 17.0. The van der Waals surface area contributed by atoms with Crippen molar-refractivity contribution in [2.45, 2.75) is 13.3 Å². The topological polar surface area (TPSA) is 58.2 Å². The van der Waals surface area contributed by atoms with Crippen molar-refractivity contribution in [1.82, 2.24) is 4.90 Å². The number of benzene rings is 2. The van der Waals surface area contributed by atoms with Crippen LogP contribution in [-0.4, -0.2) is 22.4 Å². The molecule has 0 radical (unpaired) electrons. The highest BCUT2D eigenvalue weighted by atomic mass is 16.3. The molecule has 0 fully saturated rings. The number of hydrogen-bond donors (Lipinski definition) is 0. The van der Waals surface area contributed by atoms with Gasteiger partial charge in [0, 0.05) is 24.3 Å². The summed E-state index contributed by atoms with van der Waals surface area (Å²) < 4.78 is 5.36. The SMILES string of the molecule is Cc1cccc(C2=CN3C(=O)/C(=C/c4ccco4)N=C3C(Cc3ccccc3)=N2)c1. The molecule has 0 saturated carbocycles. The number of aliphatic imine (C=N–C) groups is 2. The minimum absolute atomic E-state index is 0.188. The fourth-order valence-corrected chi connectivity index (χ4v) is 3.56. The van der Waals surface area contributed by atoms with Crippen molar-refractivity contribution in [2.24, 2.45) is 9.98 Å². The van der Waals surface area contributed by atoms with Gasteiger partial charge in [-0.1, -0.05) is 54.1 Å². The molecule has 0 saturated heterocycles. The van der Waals surface area contributed by atoms with Gasteiger partial charge in [-0.25, -0.2) is 9.98 Å². The zero-order valence-corrected chi connectivity index (χ0v) is 16.4. The summed E-state index contributed by atoms with van der Waals surface area (Å²) >= 11 is 0. The van der Waals surface area contributed by atoms with Crippen LogP contribution < -0.4 is 0 Å². The Morgan fingerprint density at radius 2 is 1.87 bits per heavy atom. The molecule has 146 valence electrons. The maximum absolute atomic E-state index is 13.1. The van der Waals surface area contributed by atoms with Crippen LogP contribution in [0.25, 0.3) is 11.8 Å². The van der Waals surface area contributed by atoms with Gasteiger partial charge in [-0.15, -0.1) is 0 Å². The van der Waals surface area contributed by atoms with Crippen LogP contribution in [0.2, 0.25) is 0 Å². The molecule has 2 aliphatic heterocycles. The average molecular weight is 393 g/mol. The molecular weight excluding hydrogens is 374 g/mol. The zero-order chi connectivity index (χ0) is 20.5. The largest absolute Gasteiger partial charge is 0.465 e. The summed E-state index contributed by atoms with van der Waals surface area (Å²) in [6.07, 6.45) is 5.59. The third-order valence-electron chi connectivity index (χ3n) is 5.01. The summed E-state index contributed by atoms with van der Waals surface area (Å²) in [6, 6.07) is 21.8. The number of hydrogen-bond acceptors (Lipinski definition) is 4. The Bertz CT molecular complexity index is 1230. The molecule has 0 spiro atoms. The number of furan rings is 1. The lowest BCUT2D eigenvalue weighted by Crippen LogP contribution is -2.36. The molecule has 30 heavy (non-hydrogen) atoms. The highest BCUT2D eigenvalue weighted by molar-refractivity contribution is 6.48. The molecule has 2 aromatic carbocycles. The van der Waals surface area contributed by atoms with E-state index in [2.05, 4.69) is 23.2 Å². The predicted octanol–water partition coefficient (Wildman–Crippen LogP) is 4.87. The van der Waals surface area contributed by atoms with Crippen molar-refractivity contribution in [1.29, 1.82) is 0 Å². The van der Waals surface area contributed by atoms with Crippen molar-refractivity contribution in [2.75, 3.05) is 0 Å². The minimum Gasteiger partial charge on any atom is -0.465 e. The number of amidine groups is 1. The van der Waals surface area contributed by atoms with Gasteiger partial charge in [-0.3, -0.25) is 9.69 Å². The van der Waals surface area contributed by atoms with E-state index < -0.39 is 0 Å². The molecule has 2 aliphatic rings. The van der Waals surface area contributed by atoms with Gasteiger partial charge in [0.15, 0.2) is 5.84 Å². The Balaban J connectivity index is 1.59. The fraction of sp³-hybridized carbons (Fsp3) is 0.0800. The summed E-state index contributed by atoms with van der Waals surface area (Å²) in [5, 5.41) is 0. The first kappa shape index (κ1) is 18.1. The number of aryl methyl sites for hydroxylation is 1. The molecule has 0 aliphatic carbocycles. The maximum Gasteiger partial charge on any atom is 0.282 e. The van der Waals surface area contributed by atoms with E-state index in [0.29, 0.717) is 23.7 Å². The second-order valence-corrected chi connectivity index (χ2v) is 7.26. The van der Waals surface area contributed by atoms with Gasteiger partial charge in [0.25, 0.3) is 5.91 Å². The second-order valence-electron chi connectivity index (χ2n) is 7.26. The van der Waals surface area contributed by atoms with Gasteiger partial charge in [0.1, 0.15) is 11.5 Å². The lowest BCUT2D eigenvalue weighted by Gasteiger charge is -2.22. The van der Waals surface area contributed by atoms with Gasteiger partial charge >= 0.3 is 0 Å². The summed E-state index contributed by atoms with van der Waals surface area (Å²) in [7, 11) is 0. The van der Waals surface area contributed by atoms with E-state index in [1.165, 1.54) is 0 Å². The number of rotatable bonds is 4. The summed E-state index contributed by atoms with van der Waals surface area (Å²) in [4.78, 5) is 24.2. The molecule has 1 aromatic heterocycles. The Morgan fingerprint density at radius 3 is 2.63 bits per heavy atom. The highest BCUT2D eigenvalue weighted by Gasteiger charge is 2.35. The third kappa shape index (κ3) is 3.42. The number of amides is 1. The van der Waals surface area contributed by atoms with Crippen LogP contribution in [0.3, 0.4) is 0 Å². The van der Waals surface area contributed by atoms with Crippen LogP contribution >= 0.6 is 0 Å². The van der Waals surface area contributed by atoms with E-state index in [0.717, 1.165) is 28.1 Å². The third-order valence-corrected chi connectivity index (χ3v) is 5.01. The first-order chi connectivity index (χ1) is 14.7. The van der Waals surface area contributed by atoms with Gasteiger partial charge in [-0.2, -0.15) is 0 Å². The van der Waals surface area contributed by atoms with Gasteiger partial charge in [-0.05, 0) is 30.7 Å². The molecule has 5 rings (SSSR count). The number of carbonyl (C=O) groups excluding carboxylic acids is 1. The molecule has 3 aromatic rings. The van der Waals surface area contributed by atoms with Gasteiger partial charge in [0.2, 0.25) is 0 Å². The molecule has 5 heteroatoms. The Hall–Kier alpha value is -3.99. The maximum atomic E-state index is 13.1. The smallest absolute Gasteiger partial charge is 0.282 e. The Morgan fingerprint density at radius 1 is 1.00 bits per heavy atom. The lowest BCUT2D eigenvalue weighted by molar-refractivity contribution is -0.120. The van der Waals surface area contributed by atoms with Crippen molar-refractivity contribution in [3.63, 3.8) is 0 Å². The van der Waals surface area contributed by atoms with E-state index in [9.17, 15) is 4.79 Å². The molecule has 0 unspecified atom stereocenters. The van der Waals surface area contributed by atoms with Gasteiger partial charge < -0.3 is 4.42 Å². The molecule has 0 bridgehead atoms. The zero-order valence-electron chi connectivity index (χ0n) is 16.4. The van der Waals surface area contributed by atoms with Crippen molar-refractivity contribution < 1.29 is 9.21 Å². The van der Waals surface area contributed by atoms with Crippen LogP contribution in [-0.2, 0) is 11.2 Å². The second kappa shape index (κ2) is 7.44. The van der Waals surface area contributed by atoms with Gasteiger partial charge in [0.05, 0.1) is 17.7 Å². The molecule has 0 N–H and O–H groups in total. The number of nitrogens with zero attached hydrogens (tertiary/aromatic N) is 3. The van der Waals surface area contributed by atoms with Crippen molar-refractivity contribution in [3.05, 3.63) is 107 Å². The van der Waals surface area contributed by atoms with E-state index in [1.54, 1.807) is 35.6 Å². The Kier molecular flexibility index (Phi) is 4.48. The lowest BCUT2D eigenvalue weighted by atomic mass is 10.0. The quantitative estimate of drug-likeness (QED) is 0.594. The van der Waals surface area contributed by atoms with Crippen LogP contribution in [0, 0.1) is 6.92 Å². The first-order valence-corrected chi connectivity index (χ1v) is 9.75. The standard InChI is InChI=1S/C25H19N3O2/c1-17-7-5-10-19(13-17)23-16-28-24(21(26-23)14-18-8-3-2-4-9-18)27-22(25(28)29)15-20-11-6-12-30-20/h2-13,15-16H,14H2,1H3/b22-15-. The minimum atomic E-state index is -0.188. The van der Waals surface area contributed by atoms with E-state index in [1.807, 2.05) is 43.3 Å². The predicted molar refractivity (Wildman–Crippen MR) is 118 cm³/mol. The van der Waals surface area contributed by atoms with Crippen molar-refractivity contribution in [3.8, 4) is 0 Å².